The zero-order valence-electron chi connectivity index (χ0n) is 15.3. The average Bonchev–Trinajstić information content (AvgIpc) is 2.60. The van der Waals surface area contributed by atoms with Crippen molar-refractivity contribution in [3.63, 3.8) is 0 Å². The first kappa shape index (κ1) is 17.9. The molecule has 0 amide bonds. The number of halogens is 1. The molecule has 0 aliphatic heterocycles. The number of anilines is 3. The highest BCUT2D eigenvalue weighted by Gasteiger charge is 2.06. The molecule has 3 rings (SSSR count). The van der Waals surface area contributed by atoms with Crippen molar-refractivity contribution in [2.24, 2.45) is 0 Å². The van der Waals surface area contributed by atoms with Crippen LogP contribution in [0.3, 0.4) is 0 Å². The first-order valence-electron chi connectivity index (χ1n) is 8.67. The summed E-state index contributed by atoms with van der Waals surface area (Å²) in [6, 6.07) is 12.7. The van der Waals surface area contributed by atoms with Gasteiger partial charge in [0.05, 0.1) is 0 Å². The van der Waals surface area contributed by atoms with E-state index in [-0.39, 0.29) is 5.82 Å². The van der Waals surface area contributed by atoms with Gasteiger partial charge in [-0.15, -0.1) is 0 Å². The van der Waals surface area contributed by atoms with Crippen LogP contribution in [-0.2, 0) is 6.42 Å². The van der Waals surface area contributed by atoms with Crippen LogP contribution in [0, 0.1) is 26.6 Å². The summed E-state index contributed by atoms with van der Waals surface area (Å²) in [6.07, 6.45) is 2.53. The van der Waals surface area contributed by atoms with E-state index in [1.54, 1.807) is 18.3 Å². The zero-order valence-corrected chi connectivity index (χ0v) is 15.3. The van der Waals surface area contributed by atoms with E-state index in [1.165, 1.54) is 28.8 Å². The molecule has 134 valence electrons. The fraction of sp³-hybridized carbons (Fsp3) is 0.238. The molecular formula is C21H23FN4. The van der Waals surface area contributed by atoms with Crippen molar-refractivity contribution in [2.45, 2.75) is 27.2 Å². The molecule has 1 aromatic heterocycles. The zero-order chi connectivity index (χ0) is 18.5. The second-order valence-electron chi connectivity index (χ2n) is 6.47. The predicted molar refractivity (Wildman–Crippen MR) is 105 cm³/mol. The van der Waals surface area contributed by atoms with Crippen molar-refractivity contribution in [3.05, 3.63) is 76.7 Å². The molecule has 4 nitrogen and oxygen atoms in total. The van der Waals surface area contributed by atoms with Gasteiger partial charge in [-0.05, 0) is 62.1 Å². The van der Waals surface area contributed by atoms with Crippen molar-refractivity contribution in [2.75, 3.05) is 17.2 Å². The summed E-state index contributed by atoms with van der Waals surface area (Å²) in [4.78, 5) is 8.84. The Balaban J connectivity index is 1.64. The Morgan fingerprint density at radius 2 is 1.65 bits per heavy atom. The smallest absolute Gasteiger partial charge is 0.229 e. The van der Waals surface area contributed by atoms with Crippen LogP contribution in [-0.4, -0.2) is 16.5 Å². The maximum atomic E-state index is 12.9. The lowest BCUT2D eigenvalue weighted by molar-refractivity contribution is 0.627. The molecule has 3 aromatic rings. The van der Waals surface area contributed by atoms with E-state index in [0.717, 1.165) is 23.5 Å². The van der Waals surface area contributed by atoms with E-state index >= 15 is 0 Å². The number of benzene rings is 2. The number of nitrogens with zero attached hydrogens (tertiary/aromatic N) is 2. The van der Waals surface area contributed by atoms with Crippen molar-refractivity contribution in [1.82, 2.24) is 9.97 Å². The highest BCUT2D eigenvalue weighted by molar-refractivity contribution is 5.64. The minimum atomic E-state index is -0.213. The highest BCUT2D eigenvalue weighted by atomic mass is 19.1. The third-order valence-corrected chi connectivity index (χ3v) is 4.20. The molecule has 0 saturated heterocycles. The van der Waals surface area contributed by atoms with Gasteiger partial charge in [-0.1, -0.05) is 29.8 Å². The molecule has 0 bridgehead atoms. The molecule has 0 radical (unpaired) electrons. The summed E-state index contributed by atoms with van der Waals surface area (Å²) in [5, 5.41) is 6.61. The summed E-state index contributed by atoms with van der Waals surface area (Å²) in [5.74, 6) is 1.11. The Hall–Kier alpha value is -2.95. The summed E-state index contributed by atoms with van der Waals surface area (Å²) < 4.78 is 12.9. The Bertz CT molecular complexity index is 868. The lowest BCUT2D eigenvalue weighted by Crippen LogP contribution is -2.08. The van der Waals surface area contributed by atoms with Gasteiger partial charge in [-0.2, -0.15) is 4.98 Å². The Morgan fingerprint density at radius 3 is 2.35 bits per heavy atom. The molecule has 0 aliphatic rings. The van der Waals surface area contributed by atoms with Gasteiger partial charge in [0.25, 0.3) is 0 Å². The van der Waals surface area contributed by atoms with Gasteiger partial charge in [0, 0.05) is 18.4 Å². The van der Waals surface area contributed by atoms with Gasteiger partial charge in [0.15, 0.2) is 0 Å². The summed E-state index contributed by atoms with van der Waals surface area (Å²) >= 11 is 0. The molecular weight excluding hydrogens is 327 g/mol. The molecule has 0 fully saturated rings. The van der Waals surface area contributed by atoms with Gasteiger partial charge >= 0.3 is 0 Å². The third kappa shape index (κ3) is 4.57. The fourth-order valence-electron chi connectivity index (χ4n) is 2.99. The van der Waals surface area contributed by atoms with Crippen molar-refractivity contribution < 1.29 is 4.39 Å². The normalized spacial score (nSPS) is 10.6. The fourth-order valence-corrected chi connectivity index (χ4v) is 2.99. The van der Waals surface area contributed by atoms with Crippen LogP contribution in [0.25, 0.3) is 0 Å². The summed E-state index contributed by atoms with van der Waals surface area (Å²) in [7, 11) is 0. The monoisotopic (exact) mass is 350 g/mol. The predicted octanol–water partition coefficient (Wildman–Crippen LogP) is 4.94. The largest absolute Gasteiger partial charge is 0.370 e. The number of aromatic nitrogens is 2. The average molecular weight is 350 g/mol. The number of rotatable bonds is 6. The van der Waals surface area contributed by atoms with Crippen molar-refractivity contribution in [1.29, 1.82) is 0 Å². The van der Waals surface area contributed by atoms with Crippen LogP contribution in [0.1, 0.15) is 22.3 Å². The number of nitrogens with one attached hydrogen (secondary N) is 2. The second-order valence-corrected chi connectivity index (χ2v) is 6.47. The number of aryl methyl sites for hydroxylation is 3. The molecule has 0 saturated carbocycles. The minimum absolute atomic E-state index is 0.213. The van der Waals surface area contributed by atoms with E-state index in [9.17, 15) is 4.39 Å². The third-order valence-electron chi connectivity index (χ3n) is 4.20. The van der Waals surface area contributed by atoms with E-state index in [0.29, 0.717) is 12.5 Å². The van der Waals surface area contributed by atoms with Gasteiger partial charge in [-0.3, -0.25) is 0 Å². The van der Waals surface area contributed by atoms with Gasteiger partial charge < -0.3 is 10.6 Å². The van der Waals surface area contributed by atoms with Crippen LogP contribution >= 0.6 is 0 Å². The maximum Gasteiger partial charge on any atom is 0.229 e. The molecule has 2 aromatic carbocycles. The van der Waals surface area contributed by atoms with Crippen molar-refractivity contribution in [3.8, 4) is 0 Å². The van der Waals surface area contributed by atoms with Crippen LogP contribution < -0.4 is 10.6 Å². The first-order chi connectivity index (χ1) is 12.5. The second kappa shape index (κ2) is 7.95. The van der Waals surface area contributed by atoms with E-state index < -0.39 is 0 Å². The number of hydrogen-bond donors (Lipinski definition) is 2. The minimum Gasteiger partial charge on any atom is -0.370 e. The molecule has 26 heavy (non-hydrogen) atoms. The lowest BCUT2D eigenvalue weighted by atomic mass is 10.1. The molecule has 0 unspecified atom stereocenters. The quantitative estimate of drug-likeness (QED) is 0.661. The van der Waals surface area contributed by atoms with Crippen LogP contribution in [0.15, 0.2) is 48.7 Å². The lowest BCUT2D eigenvalue weighted by Gasteiger charge is -2.13. The van der Waals surface area contributed by atoms with E-state index in [4.69, 9.17) is 0 Å². The Kier molecular flexibility index (Phi) is 5.46. The van der Waals surface area contributed by atoms with Crippen LogP contribution in [0.4, 0.5) is 21.8 Å². The summed E-state index contributed by atoms with van der Waals surface area (Å²) in [5.41, 5.74) is 5.69. The molecule has 5 heteroatoms. The highest BCUT2D eigenvalue weighted by Crippen LogP contribution is 2.24. The molecule has 1 heterocycles. The van der Waals surface area contributed by atoms with Crippen LogP contribution in [0.2, 0.25) is 0 Å². The topological polar surface area (TPSA) is 49.8 Å². The molecule has 2 N–H and O–H groups in total. The first-order valence-corrected chi connectivity index (χ1v) is 8.67. The summed E-state index contributed by atoms with van der Waals surface area (Å²) in [6.45, 7) is 6.96. The van der Waals surface area contributed by atoms with E-state index in [1.807, 2.05) is 6.07 Å². The van der Waals surface area contributed by atoms with E-state index in [2.05, 4.69) is 53.5 Å². The van der Waals surface area contributed by atoms with Gasteiger partial charge in [-0.25, -0.2) is 9.37 Å². The van der Waals surface area contributed by atoms with Gasteiger partial charge in [0.2, 0.25) is 5.95 Å². The van der Waals surface area contributed by atoms with Gasteiger partial charge in [0.1, 0.15) is 11.6 Å². The SMILES string of the molecule is Cc1cc(C)c(Nc2nccc(NCCc3ccc(F)cc3)n2)c(C)c1. The molecule has 0 spiro atoms. The molecule has 0 atom stereocenters. The maximum absolute atomic E-state index is 12.9. The number of hydrogen-bond acceptors (Lipinski definition) is 4. The van der Waals surface area contributed by atoms with Crippen molar-refractivity contribution >= 4 is 17.5 Å². The molecule has 0 aliphatic carbocycles. The standard InChI is InChI=1S/C21H23FN4/c1-14-12-15(2)20(16(3)13-14)26-21-24-11-9-19(25-21)23-10-8-17-4-6-18(22)7-5-17/h4-7,9,11-13H,8,10H2,1-3H3,(H2,23,24,25,26). The Labute approximate surface area is 153 Å². The Morgan fingerprint density at radius 1 is 0.962 bits per heavy atom. The van der Waals surface area contributed by atoms with Crippen LogP contribution in [0.5, 0.6) is 0 Å².